The lowest BCUT2D eigenvalue weighted by Gasteiger charge is -2.59. The number of rotatable bonds is 22. The third-order valence-corrected chi connectivity index (χ3v) is 13.6. The van der Waals surface area contributed by atoms with Crippen LogP contribution < -0.4 is 9.47 Å². The Bertz CT molecular complexity index is 2190. The van der Waals surface area contributed by atoms with Gasteiger partial charge in [0.1, 0.15) is 29.9 Å². The highest BCUT2D eigenvalue weighted by Gasteiger charge is 2.65. The SMILES string of the molecule is C=CCOC12Oc3ccc(Oc4cccc([N+](=O)[O-])c4)cc3C3C(CCCCO)C(CCCCO)C=C(C(=NOCc4ccc([N+](=O)[O-])cc4)CC1N(C)C(=O)CCC1CCCC1)C32. The van der Waals surface area contributed by atoms with Crippen LogP contribution in [0.1, 0.15) is 101 Å². The van der Waals surface area contributed by atoms with Gasteiger partial charge in [-0.1, -0.05) is 61.9 Å². The highest BCUT2D eigenvalue weighted by atomic mass is 16.7. The van der Waals surface area contributed by atoms with Gasteiger partial charge < -0.3 is 34.2 Å². The molecule has 1 heterocycles. The van der Waals surface area contributed by atoms with E-state index in [1.165, 1.54) is 37.1 Å². The molecule has 1 amide bonds. The summed E-state index contributed by atoms with van der Waals surface area (Å²) in [6.07, 6.45) is 14.2. The van der Waals surface area contributed by atoms with E-state index in [1.807, 2.05) is 19.2 Å². The second kappa shape index (κ2) is 21.4. The van der Waals surface area contributed by atoms with E-state index in [0.29, 0.717) is 53.7 Å². The molecule has 6 unspecified atom stereocenters. The number of fused-ring (bicyclic) bond motifs is 2. The van der Waals surface area contributed by atoms with Crippen LogP contribution in [-0.4, -0.2) is 75.3 Å². The molecule has 2 N–H and O–H groups in total. The molecule has 0 bridgehead atoms. The van der Waals surface area contributed by atoms with Gasteiger partial charge in [-0.25, -0.2) is 0 Å². The fourth-order valence-corrected chi connectivity index (χ4v) is 10.5. The second-order valence-corrected chi connectivity index (χ2v) is 17.5. The van der Waals surface area contributed by atoms with Crippen molar-refractivity contribution in [3.05, 3.63) is 122 Å². The zero-order valence-electron chi connectivity index (χ0n) is 36.6. The molecule has 6 atom stereocenters. The number of hydrogen-bond donors (Lipinski definition) is 2. The van der Waals surface area contributed by atoms with Crippen molar-refractivity contribution in [1.29, 1.82) is 0 Å². The summed E-state index contributed by atoms with van der Waals surface area (Å²) in [6, 6.07) is 17.0. The molecule has 0 saturated heterocycles. The number of oxime groups is 1. The first-order valence-corrected chi connectivity index (χ1v) is 22.7. The van der Waals surface area contributed by atoms with Crippen LogP contribution in [-0.2, 0) is 21.0 Å². The molecule has 4 aliphatic rings. The smallest absolute Gasteiger partial charge is 0.273 e. The van der Waals surface area contributed by atoms with Crippen LogP contribution in [0.3, 0.4) is 0 Å². The van der Waals surface area contributed by atoms with E-state index in [0.717, 1.165) is 56.1 Å². The number of carbonyl (C=O) groups excluding carboxylic acids is 1. The summed E-state index contributed by atoms with van der Waals surface area (Å²) in [5.41, 5.74) is 2.91. The minimum Gasteiger partial charge on any atom is -0.459 e. The van der Waals surface area contributed by atoms with Gasteiger partial charge in [0.25, 0.3) is 11.4 Å². The van der Waals surface area contributed by atoms with E-state index < -0.39 is 27.6 Å². The lowest BCUT2D eigenvalue weighted by molar-refractivity contribution is -0.385. The Morgan fingerprint density at radius 3 is 2.36 bits per heavy atom. The monoisotopic (exact) mass is 880 g/mol. The predicted octanol–water partition coefficient (Wildman–Crippen LogP) is 9.56. The lowest BCUT2D eigenvalue weighted by atomic mass is 9.55. The van der Waals surface area contributed by atoms with Gasteiger partial charge in [0.05, 0.1) is 34.1 Å². The number of carbonyl (C=O) groups is 1. The minimum atomic E-state index is -1.42. The van der Waals surface area contributed by atoms with Crippen molar-refractivity contribution in [2.75, 3.05) is 26.9 Å². The van der Waals surface area contributed by atoms with Crippen LogP contribution >= 0.6 is 0 Å². The number of non-ortho nitro benzene ring substituents is 2. The summed E-state index contributed by atoms with van der Waals surface area (Å²) < 4.78 is 20.6. The van der Waals surface area contributed by atoms with Gasteiger partial charge in [-0.3, -0.25) is 25.0 Å². The summed E-state index contributed by atoms with van der Waals surface area (Å²) >= 11 is 0. The molecule has 1 aliphatic heterocycles. The lowest BCUT2D eigenvalue weighted by Crippen LogP contribution is -2.69. The Hall–Kier alpha value is -5.64. The normalized spacial score (nSPS) is 24.2. The number of ether oxygens (including phenoxy) is 3. The Morgan fingerprint density at radius 2 is 1.66 bits per heavy atom. The molecular formula is C49H60N4O11. The Morgan fingerprint density at radius 1 is 0.938 bits per heavy atom. The minimum absolute atomic E-state index is 0.00640. The Balaban J connectivity index is 1.37. The molecule has 342 valence electrons. The van der Waals surface area contributed by atoms with E-state index in [9.17, 15) is 35.2 Å². The molecule has 64 heavy (non-hydrogen) atoms. The number of amides is 1. The van der Waals surface area contributed by atoms with Crippen LogP contribution in [0.15, 0.2) is 96.2 Å². The number of unbranched alkanes of at least 4 members (excludes halogenated alkanes) is 2. The van der Waals surface area contributed by atoms with E-state index in [-0.39, 0.29) is 67.9 Å². The largest absolute Gasteiger partial charge is 0.459 e. The fraction of sp³-hybridized carbons (Fsp3) is 0.510. The van der Waals surface area contributed by atoms with Crippen LogP contribution in [0.5, 0.6) is 17.2 Å². The molecular weight excluding hydrogens is 821 g/mol. The highest BCUT2D eigenvalue weighted by Crippen LogP contribution is 2.62. The maximum atomic E-state index is 14.4. The van der Waals surface area contributed by atoms with Gasteiger partial charge in [0, 0.05) is 62.8 Å². The third kappa shape index (κ3) is 10.3. The van der Waals surface area contributed by atoms with Crippen molar-refractivity contribution < 1.29 is 43.9 Å². The number of nitro groups is 2. The zero-order valence-corrected chi connectivity index (χ0v) is 36.6. The molecule has 0 spiro atoms. The number of nitrogens with zero attached hydrogens (tertiary/aromatic N) is 4. The molecule has 0 aromatic heterocycles. The average molecular weight is 881 g/mol. The highest BCUT2D eigenvalue weighted by molar-refractivity contribution is 6.03. The summed E-state index contributed by atoms with van der Waals surface area (Å²) in [6.45, 7) is 4.27. The molecule has 15 heteroatoms. The first-order valence-electron chi connectivity index (χ1n) is 22.7. The van der Waals surface area contributed by atoms with Crippen molar-refractivity contribution in [1.82, 2.24) is 4.90 Å². The number of nitro benzene ring substituents is 2. The Labute approximate surface area is 374 Å². The van der Waals surface area contributed by atoms with Crippen molar-refractivity contribution in [2.24, 2.45) is 28.8 Å². The standard InChI is InChI=1S/C49H60N4O11/c1-3-27-61-49-45(51(2)46(56)24-19-33-11-4-5-12-33)31-43(50-62-32-34-17-20-36(21-18-34)52(57)58)41-28-35(13-6-8-25-54)40(16-7-9-26-55)47(48(41)49)42-30-39(22-23-44(42)64-49)63-38-15-10-14-37(29-38)53(59)60/h3,10,14-15,17-18,20-23,28-30,33,35,40,45,47-48,54-55H,1,4-9,11-13,16,19,24-27,31-32H2,2H3. The van der Waals surface area contributed by atoms with Gasteiger partial charge in [0.2, 0.25) is 11.7 Å². The number of benzene rings is 3. The summed E-state index contributed by atoms with van der Waals surface area (Å²) in [4.78, 5) is 44.4. The van der Waals surface area contributed by atoms with E-state index in [2.05, 4.69) is 12.7 Å². The predicted molar refractivity (Wildman–Crippen MR) is 240 cm³/mol. The maximum Gasteiger partial charge on any atom is 0.273 e. The molecule has 3 aliphatic carbocycles. The molecule has 15 nitrogen and oxygen atoms in total. The van der Waals surface area contributed by atoms with Gasteiger partial charge in [-0.05, 0) is 97.4 Å². The third-order valence-electron chi connectivity index (χ3n) is 13.6. The van der Waals surface area contributed by atoms with Gasteiger partial charge >= 0.3 is 0 Å². The summed E-state index contributed by atoms with van der Waals surface area (Å²) in [7, 11) is 1.81. The van der Waals surface area contributed by atoms with Crippen molar-refractivity contribution in [3.8, 4) is 17.2 Å². The van der Waals surface area contributed by atoms with Crippen molar-refractivity contribution >= 4 is 23.0 Å². The topological polar surface area (TPSA) is 196 Å². The van der Waals surface area contributed by atoms with Gasteiger partial charge in [-0.15, -0.1) is 6.58 Å². The number of likely N-dealkylation sites (N-methyl/N-ethyl adjacent to an activating group) is 1. The van der Waals surface area contributed by atoms with E-state index >= 15 is 0 Å². The van der Waals surface area contributed by atoms with Crippen LogP contribution in [0.25, 0.3) is 0 Å². The molecule has 3 aromatic rings. The number of hydrogen-bond acceptors (Lipinski definition) is 12. The van der Waals surface area contributed by atoms with E-state index in [1.54, 1.807) is 41.3 Å². The number of aliphatic hydroxyl groups excluding tert-OH is 2. The number of allylic oxidation sites excluding steroid dienone is 1. The molecule has 2 fully saturated rings. The maximum absolute atomic E-state index is 14.4. The molecule has 0 radical (unpaired) electrons. The summed E-state index contributed by atoms with van der Waals surface area (Å²) in [5.74, 6) is -0.482. The van der Waals surface area contributed by atoms with E-state index in [4.69, 9.17) is 24.2 Å². The van der Waals surface area contributed by atoms with Crippen molar-refractivity contribution in [2.45, 2.75) is 108 Å². The first-order chi connectivity index (χ1) is 31.1. The van der Waals surface area contributed by atoms with Crippen LogP contribution in [0.4, 0.5) is 11.4 Å². The van der Waals surface area contributed by atoms with Crippen molar-refractivity contribution in [3.63, 3.8) is 0 Å². The Kier molecular flexibility index (Phi) is 15.5. The molecule has 7 rings (SSSR count). The van der Waals surface area contributed by atoms with Gasteiger partial charge in [-0.2, -0.15) is 0 Å². The molecule has 3 aromatic carbocycles. The zero-order chi connectivity index (χ0) is 45.2. The second-order valence-electron chi connectivity index (χ2n) is 17.5. The molecule has 2 saturated carbocycles. The quantitative estimate of drug-likeness (QED) is 0.0422. The summed E-state index contributed by atoms with van der Waals surface area (Å²) in [5, 5.41) is 47.7. The fourth-order valence-electron chi connectivity index (χ4n) is 10.5. The van der Waals surface area contributed by atoms with Gasteiger partial charge in [0.15, 0.2) is 0 Å². The van der Waals surface area contributed by atoms with Crippen LogP contribution in [0, 0.1) is 43.9 Å². The van der Waals surface area contributed by atoms with Crippen LogP contribution in [0.2, 0.25) is 0 Å². The number of aliphatic hydroxyl groups is 2. The first kappa shape index (κ1) is 46.4. The average Bonchev–Trinajstić information content (AvgIpc) is 3.83.